The van der Waals surface area contributed by atoms with E-state index in [1.807, 2.05) is 12.1 Å². The normalized spacial score (nSPS) is 10.1. The molecule has 4 nitrogen and oxygen atoms in total. The predicted octanol–water partition coefficient (Wildman–Crippen LogP) is 0.210. The minimum absolute atomic E-state index is 0.0247. The van der Waals surface area contributed by atoms with Crippen LogP contribution in [-0.2, 0) is 6.54 Å². The molecule has 1 rings (SSSR count). The summed E-state index contributed by atoms with van der Waals surface area (Å²) < 4.78 is 0. The minimum atomic E-state index is -0.0902. The van der Waals surface area contributed by atoms with E-state index in [1.54, 1.807) is 19.2 Å². The van der Waals surface area contributed by atoms with Crippen molar-refractivity contribution < 1.29 is 9.90 Å². The molecule has 0 aliphatic rings. The fourth-order valence-corrected chi connectivity index (χ4v) is 1.26. The Morgan fingerprint density at radius 3 is 2.47 bits per heavy atom. The largest absolute Gasteiger partial charge is 0.395 e. The van der Waals surface area contributed by atoms with Crippen molar-refractivity contribution in [3.63, 3.8) is 0 Å². The van der Waals surface area contributed by atoms with Crippen LogP contribution in [0.1, 0.15) is 15.9 Å². The van der Waals surface area contributed by atoms with Crippen molar-refractivity contribution in [1.29, 1.82) is 0 Å². The van der Waals surface area contributed by atoms with Gasteiger partial charge in [0.05, 0.1) is 6.61 Å². The quantitative estimate of drug-likeness (QED) is 0.743. The second-order valence-electron chi connectivity index (χ2n) is 3.35. The van der Waals surface area contributed by atoms with Crippen LogP contribution in [0, 0.1) is 0 Å². The molecule has 0 aliphatic carbocycles. The molecule has 1 aromatic rings. The van der Waals surface area contributed by atoms with Gasteiger partial charge in [0.2, 0.25) is 0 Å². The van der Waals surface area contributed by atoms with Gasteiger partial charge in [-0.3, -0.25) is 4.79 Å². The number of aliphatic hydroxyl groups excluding tert-OH is 1. The van der Waals surface area contributed by atoms with Gasteiger partial charge in [0.15, 0.2) is 0 Å². The number of hydrogen-bond donors (Lipinski definition) is 2. The number of nitrogens with two attached hydrogens (primary N) is 1. The standard InChI is InChI=1S/C11H16N2O2/c1-13(6-7-14)11(15)10-4-2-9(8-12)3-5-10/h2-5,14H,6-8,12H2,1H3. The first-order valence-corrected chi connectivity index (χ1v) is 4.84. The monoisotopic (exact) mass is 208 g/mol. The highest BCUT2D eigenvalue weighted by atomic mass is 16.3. The maximum atomic E-state index is 11.7. The summed E-state index contributed by atoms with van der Waals surface area (Å²) in [5.41, 5.74) is 7.07. The van der Waals surface area contributed by atoms with E-state index >= 15 is 0 Å². The highest BCUT2D eigenvalue weighted by Crippen LogP contribution is 2.06. The molecule has 0 atom stereocenters. The lowest BCUT2D eigenvalue weighted by atomic mass is 10.1. The van der Waals surface area contributed by atoms with Gasteiger partial charge in [0.1, 0.15) is 0 Å². The fourth-order valence-electron chi connectivity index (χ4n) is 1.26. The third-order valence-corrected chi connectivity index (χ3v) is 2.22. The molecule has 0 aromatic heterocycles. The predicted molar refractivity (Wildman–Crippen MR) is 58.4 cm³/mol. The van der Waals surface area contributed by atoms with Crippen LogP contribution in [0.2, 0.25) is 0 Å². The number of carbonyl (C=O) groups is 1. The molecule has 0 unspecified atom stereocenters. The van der Waals surface area contributed by atoms with Crippen molar-refractivity contribution in [1.82, 2.24) is 4.90 Å². The average Bonchev–Trinajstić information content (AvgIpc) is 2.28. The summed E-state index contributed by atoms with van der Waals surface area (Å²) in [5, 5.41) is 8.70. The maximum absolute atomic E-state index is 11.7. The third-order valence-electron chi connectivity index (χ3n) is 2.22. The Bertz CT molecular complexity index is 322. The van der Waals surface area contributed by atoms with Crippen molar-refractivity contribution in [2.45, 2.75) is 6.54 Å². The number of likely N-dealkylation sites (N-methyl/N-ethyl adjacent to an activating group) is 1. The molecular weight excluding hydrogens is 192 g/mol. The fraction of sp³-hybridized carbons (Fsp3) is 0.364. The zero-order chi connectivity index (χ0) is 11.3. The van der Waals surface area contributed by atoms with Gasteiger partial charge in [0.25, 0.3) is 5.91 Å². The minimum Gasteiger partial charge on any atom is -0.395 e. The zero-order valence-corrected chi connectivity index (χ0v) is 8.81. The van der Waals surface area contributed by atoms with Crippen molar-refractivity contribution in [3.05, 3.63) is 35.4 Å². The summed E-state index contributed by atoms with van der Waals surface area (Å²) in [6.45, 7) is 0.793. The number of aliphatic hydroxyl groups is 1. The SMILES string of the molecule is CN(CCO)C(=O)c1ccc(CN)cc1. The second kappa shape index (κ2) is 5.48. The molecule has 0 radical (unpaired) electrons. The molecule has 0 spiro atoms. The van der Waals surface area contributed by atoms with E-state index in [-0.39, 0.29) is 12.5 Å². The highest BCUT2D eigenvalue weighted by Gasteiger charge is 2.10. The van der Waals surface area contributed by atoms with E-state index in [1.165, 1.54) is 4.90 Å². The number of benzene rings is 1. The molecular formula is C11H16N2O2. The summed E-state index contributed by atoms with van der Waals surface area (Å²) in [4.78, 5) is 13.2. The summed E-state index contributed by atoms with van der Waals surface area (Å²) >= 11 is 0. The zero-order valence-electron chi connectivity index (χ0n) is 8.81. The van der Waals surface area contributed by atoms with E-state index in [0.29, 0.717) is 18.7 Å². The number of hydrogen-bond acceptors (Lipinski definition) is 3. The van der Waals surface area contributed by atoms with Crippen LogP contribution in [0.4, 0.5) is 0 Å². The number of nitrogens with zero attached hydrogens (tertiary/aromatic N) is 1. The van der Waals surface area contributed by atoms with Gasteiger partial charge in [0, 0.05) is 25.7 Å². The van der Waals surface area contributed by atoms with Gasteiger partial charge in [-0.25, -0.2) is 0 Å². The van der Waals surface area contributed by atoms with Crippen molar-refractivity contribution in [3.8, 4) is 0 Å². The molecule has 0 saturated heterocycles. The topological polar surface area (TPSA) is 66.6 Å². The third kappa shape index (κ3) is 3.04. The van der Waals surface area contributed by atoms with Gasteiger partial charge in [-0.15, -0.1) is 0 Å². The van der Waals surface area contributed by atoms with Crippen LogP contribution < -0.4 is 5.73 Å². The molecule has 3 N–H and O–H groups in total. The van der Waals surface area contributed by atoms with Crippen molar-refractivity contribution >= 4 is 5.91 Å². The Labute approximate surface area is 89.3 Å². The van der Waals surface area contributed by atoms with Crippen LogP contribution >= 0.6 is 0 Å². The molecule has 0 aliphatic heterocycles. The molecule has 0 fully saturated rings. The lowest BCUT2D eigenvalue weighted by Gasteiger charge is -2.15. The number of rotatable bonds is 4. The van der Waals surface area contributed by atoms with E-state index in [0.717, 1.165) is 5.56 Å². The van der Waals surface area contributed by atoms with Crippen LogP contribution in [0.3, 0.4) is 0 Å². The summed E-state index contributed by atoms with van der Waals surface area (Å²) in [6, 6.07) is 7.16. The molecule has 1 aromatic carbocycles. The summed E-state index contributed by atoms with van der Waals surface area (Å²) in [6.07, 6.45) is 0. The first-order valence-electron chi connectivity index (χ1n) is 4.84. The van der Waals surface area contributed by atoms with Crippen LogP contribution in [0.5, 0.6) is 0 Å². The van der Waals surface area contributed by atoms with Crippen LogP contribution in [-0.4, -0.2) is 36.1 Å². The van der Waals surface area contributed by atoms with Crippen molar-refractivity contribution in [2.24, 2.45) is 5.73 Å². The Kier molecular flexibility index (Phi) is 4.27. The molecule has 0 heterocycles. The lowest BCUT2D eigenvalue weighted by Crippen LogP contribution is -2.29. The Morgan fingerprint density at radius 2 is 2.00 bits per heavy atom. The molecule has 15 heavy (non-hydrogen) atoms. The Morgan fingerprint density at radius 1 is 1.40 bits per heavy atom. The van der Waals surface area contributed by atoms with Crippen LogP contribution in [0.25, 0.3) is 0 Å². The summed E-state index contributed by atoms with van der Waals surface area (Å²) in [5.74, 6) is -0.0902. The number of amides is 1. The van der Waals surface area contributed by atoms with E-state index in [9.17, 15) is 4.79 Å². The maximum Gasteiger partial charge on any atom is 0.253 e. The molecule has 1 amide bonds. The smallest absolute Gasteiger partial charge is 0.253 e. The van der Waals surface area contributed by atoms with Crippen LogP contribution in [0.15, 0.2) is 24.3 Å². The Hall–Kier alpha value is -1.39. The second-order valence-corrected chi connectivity index (χ2v) is 3.35. The molecule has 0 saturated carbocycles. The highest BCUT2D eigenvalue weighted by molar-refractivity contribution is 5.94. The van der Waals surface area contributed by atoms with Crippen molar-refractivity contribution in [2.75, 3.05) is 20.2 Å². The average molecular weight is 208 g/mol. The lowest BCUT2D eigenvalue weighted by molar-refractivity contribution is 0.0767. The van der Waals surface area contributed by atoms with E-state index in [2.05, 4.69) is 0 Å². The molecule has 4 heteroatoms. The molecule has 0 bridgehead atoms. The first-order chi connectivity index (χ1) is 7.19. The Balaban J connectivity index is 2.73. The van der Waals surface area contributed by atoms with Gasteiger partial charge >= 0.3 is 0 Å². The van der Waals surface area contributed by atoms with Gasteiger partial charge in [-0.05, 0) is 17.7 Å². The van der Waals surface area contributed by atoms with Gasteiger partial charge < -0.3 is 15.7 Å². The molecule has 82 valence electrons. The van der Waals surface area contributed by atoms with E-state index < -0.39 is 0 Å². The first kappa shape index (κ1) is 11.7. The summed E-state index contributed by atoms with van der Waals surface area (Å²) in [7, 11) is 1.66. The van der Waals surface area contributed by atoms with E-state index in [4.69, 9.17) is 10.8 Å². The van der Waals surface area contributed by atoms with Gasteiger partial charge in [-0.2, -0.15) is 0 Å². The number of carbonyl (C=O) groups excluding carboxylic acids is 1. The van der Waals surface area contributed by atoms with Gasteiger partial charge in [-0.1, -0.05) is 12.1 Å².